The van der Waals surface area contributed by atoms with Gasteiger partial charge in [0, 0.05) is 0 Å². The Morgan fingerprint density at radius 2 is 1.77 bits per heavy atom. The number of amides is 1. The van der Waals surface area contributed by atoms with Crippen LogP contribution < -0.4 is 10.1 Å². The van der Waals surface area contributed by atoms with Crippen LogP contribution in [0, 0.1) is 5.92 Å². The highest BCUT2D eigenvalue weighted by atomic mass is 16.5. The number of carbonyl (C=O) groups is 1. The van der Waals surface area contributed by atoms with Gasteiger partial charge in [-0.3, -0.25) is 4.79 Å². The highest BCUT2D eigenvalue weighted by molar-refractivity contribution is 5.84. The summed E-state index contributed by atoms with van der Waals surface area (Å²) in [7, 11) is 0. The third kappa shape index (κ3) is 4.57. The first-order valence-corrected chi connectivity index (χ1v) is 8.80. The van der Waals surface area contributed by atoms with Gasteiger partial charge in [0.1, 0.15) is 6.33 Å². The third-order valence-electron chi connectivity index (χ3n) is 4.09. The van der Waals surface area contributed by atoms with E-state index in [0.29, 0.717) is 11.8 Å². The average molecular weight is 349 g/mol. The molecular weight excluding hydrogens is 326 g/mol. The molecule has 0 fully saturated rings. The molecule has 5 nitrogen and oxygen atoms in total. The van der Waals surface area contributed by atoms with Crippen molar-refractivity contribution in [2.75, 3.05) is 6.61 Å². The summed E-state index contributed by atoms with van der Waals surface area (Å²) < 4.78 is 5.66. The Labute approximate surface area is 153 Å². The standard InChI is InChI=1S/C21H23N3O2/c1-15(2)12-19(16-8-4-3-5-9-16)24-20(25)13-26-21-17-10-6-7-11-18(17)22-14-23-21/h3-11,14-15,19H,12-13H2,1-2H3,(H,24,25). The number of para-hydroxylation sites is 1. The molecule has 1 heterocycles. The Hall–Kier alpha value is -2.95. The Bertz CT molecular complexity index is 860. The number of hydrogen-bond acceptors (Lipinski definition) is 4. The van der Waals surface area contributed by atoms with Gasteiger partial charge in [-0.1, -0.05) is 56.3 Å². The second kappa shape index (κ2) is 8.43. The molecule has 3 aromatic rings. The van der Waals surface area contributed by atoms with E-state index in [1.165, 1.54) is 6.33 Å². The second-order valence-corrected chi connectivity index (χ2v) is 6.64. The monoisotopic (exact) mass is 349 g/mol. The molecule has 0 bridgehead atoms. The number of nitrogens with zero attached hydrogens (tertiary/aromatic N) is 2. The largest absolute Gasteiger partial charge is 0.467 e. The summed E-state index contributed by atoms with van der Waals surface area (Å²) in [5, 5.41) is 3.87. The molecule has 26 heavy (non-hydrogen) atoms. The third-order valence-corrected chi connectivity index (χ3v) is 4.09. The van der Waals surface area contributed by atoms with E-state index in [-0.39, 0.29) is 18.6 Å². The fourth-order valence-corrected chi connectivity index (χ4v) is 2.90. The molecular formula is C21H23N3O2. The van der Waals surface area contributed by atoms with Crippen molar-refractivity contribution in [3.05, 3.63) is 66.5 Å². The van der Waals surface area contributed by atoms with Gasteiger partial charge in [-0.15, -0.1) is 0 Å². The van der Waals surface area contributed by atoms with E-state index in [1.807, 2.05) is 54.6 Å². The zero-order valence-electron chi connectivity index (χ0n) is 15.1. The van der Waals surface area contributed by atoms with E-state index in [0.717, 1.165) is 22.9 Å². The summed E-state index contributed by atoms with van der Waals surface area (Å²) in [5.41, 5.74) is 1.89. The van der Waals surface area contributed by atoms with Gasteiger partial charge in [-0.2, -0.15) is 0 Å². The highest BCUT2D eigenvalue weighted by Gasteiger charge is 2.17. The van der Waals surface area contributed by atoms with Gasteiger partial charge in [0.2, 0.25) is 5.88 Å². The number of rotatable bonds is 7. The molecule has 1 unspecified atom stereocenters. The van der Waals surface area contributed by atoms with Crippen LogP contribution in [-0.4, -0.2) is 22.5 Å². The van der Waals surface area contributed by atoms with E-state index in [1.54, 1.807) is 0 Å². The van der Waals surface area contributed by atoms with Crippen LogP contribution in [0.2, 0.25) is 0 Å². The summed E-state index contributed by atoms with van der Waals surface area (Å²) >= 11 is 0. The Kier molecular flexibility index (Phi) is 5.79. The van der Waals surface area contributed by atoms with Crippen molar-refractivity contribution in [2.24, 2.45) is 5.92 Å². The van der Waals surface area contributed by atoms with E-state index in [4.69, 9.17) is 4.74 Å². The minimum atomic E-state index is -0.165. The maximum absolute atomic E-state index is 12.4. The first-order valence-electron chi connectivity index (χ1n) is 8.80. The van der Waals surface area contributed by atoms with Crippen LogP contribution in [0.3, 0.4) is 0 Å². The van der Waals surface area contributed by atoms with Gasteiger partial charge >= 0.3 is 0 Å². The lowest BCUT2D eigenvalue weighted by molar-refractivity contribution is -0.124. The maximum Gasteiger partial charge on any atom is 0.258 e. The lowest BCUT2D eigenvalue weighted by Crippen LogP contribution is -2.33. The van der Waals surface area contributed by atoms with Crippen molar-refractivity contribution in [3.63, 3.8) is 0 Å². The van der Waals surface area contributed by atoms with Crippen LogP contribution in [0.4, 0.5) is 0 Å². The summed E-state index contributed by atoms with van der Waals surface area (Å²) in [6, 6.07) is 17.5. The highest BCUT2D eigenvalue weighted by Crippen LogP contribution is 2.22. The topological polar surface area (TPSA) is 64.1 Å². The molecule has 1 N–H and O–H groups in total. The molecule has 0 spiro atoms. The van der Waals surface area contributed by atoms with E-state index in [9.17, 15) is 4.79 Å². The number of carbonyl (C=O) groups excluding carboxylic acids is 1. The maximum atomic E-state index is 12.4. The van der Waals surface area contributed by atoms with Crippen molar-refractivity contribution in [3.8, 4) is 5.88 Å². The van der Waals surface area contributed by atoms with Gasteiger partial charge in [0.15, 0.2) is 6.61 Å². The molecule has 0 aliphatic heterocycles. The predicted molar refractivity (Wildman–Crippen MR) is 102 cm³/mol. The quantitative estimate of drug-likeness (QED) is 0.702. The van der Waals surface area contributed by atoms with E-state index < -0.39 is 0 Å². The molecule has 0 saturated carbocycles. The molecule has 3 rings (SSSR count). The molecule has 1 aromatic heterocycles. The van der Waals surface area contributed by atoms with Gasteiger partial charge < -0.3 is 10.1 Å². The number of nitrogens with one attached hydrogen (secondary N) is 1. The fourth-order valence-electron chi connectivity index (χ4n) is 2.90. The van der Waals surface area contributed by atoms with Crippen LogP contribution in [0.25, 0.3) is 10.9 Å². The lowest BCUT2D eigenvalue weighted by atomic mass is 9.97. The van der Waals surface area contributed by atoms with Crippen molar-refractivity contribution in [1.82, 2.24) is 15.3 Å². The van der Waals surface area contributed by atoms with E-state index in [2.05, 4.69) is 29.1 Å². The number of fused-ring (bicyclic) bond motifs is 1. The Morgan fingerprint density at radius 3 is 2.54 bits per heavy atom. The van der Waals surface area contributed by atoms with Crippen LogP contribution in [0.15, 0.2) is 60.9 Å². The second-order valence-electron chi connectivity index (χ2n) is 6.64. The number of hydrogen-bond donors (Lipinski definition) is 1. The normalized spacial score (nSPS) is 12.1. The summed E-state index contributed by atoms with van der Waals surface area (Å²) in [5.74, 6) is 0.722. The Balaban J connectivity index is 1.66. The van der Waals surface area contributed by atoms with Crippen molar-refractivity contribution < 1.29 is 9.53 Å². The summed E-state index contributed by atoms with van der Waals surface area (Å²) in [6.07, 6.45) is 2.31. The lowest BCUT2D eigenvalue weighted by Gasteiger charge is -2.21. The van der Waals surface area contributed by atoms with Crippen LogP contribution in [0.5, 0.6) is 5.88 Å². The van der Waals surface area contributed by atoms with E-state index >= 15 is 0 Å². The zero-order chi connectivity index (χ0) is 18.4. The Morgan fingerprint density at radius 1 is 1.04 bits per heavy atom. The molecule has 0 saturated heterocycles. The van der Waals surface area contributed by atoms with Crippen LogP contribution >= 0.6 is 0 Å². The molecule has 1 amide bonds. The number of ether oxygens (including phenoxy) is 1. The summed E-state index contributed by atoms with van der Waals surface area (Å²) in [4.78, 5) is 20.8. The SMILES string of the molecule is CC(C)CC(NC(=O)COc1ncnc2ccccc12)c1ccccc1. The molecule has 5 heteroatoms. The summed E-state index contributed by atoms with van der Waals surface area (Å²) in [6.45, 7) is 4.21. The van der Waals surface area contributed by atoms with Crippen LogP contribution in [-0.2, 0) is 4.79 Å². The average Bonchev–Trinajstić information content (AvgIpc) is 2.66. The first-order chi connectivity index (χ1) is 12.6. The number of benzene rings is 2. The van der Waals surface area contributed by atoms with Crippen molar-refractivity contribution >= 4 is 16.8 Å². The molecule has 134 valence electrons. The minimum Gasteiger partial charge on any atom is -0.467 e. The van der Waals surface area contributed by atoms with Crippen LogP contribution in [0.1, 0.15) is 31.9 Å². The van der Waals surface area contributed by atoms with Gasteiger partial charge in [-0.25, -0.2) is 9.97 Å². The zero-order valence-corrected chi connectivity index (χ0v) is 15.1. The first kappa shape index (κ1) is 17.9. The van der Waals surface area contributed by atoms with Crippen molar-refractivity contribution in [1.29, 1.82) is 0 Å². The molecule has 0 aliphatic rings. The number of aromatic nitrogens is 2. The molecule has 0 radical (unpaired) electrons. The smallest absolute Gasteiger partial charge is 0.258 e. The predicted octanol–water partition coefficient (Wildman–Crippen LogP) is 3.91. The molecule has 0 aliphatic carbocycles. The fraction of sp³-hybridized carbons (Fsp3) is 0.286. The molecule has 1 atom stereocenters. The van der Waals surface area contributed by atoms with Gasteiger partial charge in [0.05, 0.1) is 16.9 Å². The van der Waals surface area contributed by atoms with Crippen molar-refractivity contribution in [2.45, 2.75) is 26.3 Å². The van der Waals surface area contributed by atoms with Gasteiger partial charge in [0.25, 0.3) is 5.91 Å². The minimum absolute atomic E-state index is 0.0329. The van der Waals surface area contributed by atoms with Gasteiger partial charge in [-0.05, 0) is 30.0 Å². The molecule has 2 aromatic carbocycles.